The van der Waals surface area contributed by atoms with Crippen LogP contribution in [0.25, 0.3) is 0 Å². The number of likely N-dealkylation sites (N-methyl/N-ethyl adjacent to an activating group) is 1. The van der Waals surface area contributed by atoms with Crippen molar-refractivity contribution in [1.29, 1.82) is 0 Å². The van der Waals surface area contributed by atoms with E-state index in [1.807, 2.05) is 18.2 Å². The van der Waals surface area contributed by atoms with Crippen LogP contribution in [0.2, 0.25) is 0 Å². The molecule has 0 atom stereocenters. The second-order valence-electron chi connectivity index (χ2n) is 5.83. The largest absolute Gasteiger partial charge is 0.490 e. The topological polar surface area (TPSA) is 72.1 Å². The van der Waals surface area contributed by atoms with Crippen molar-refractivity contribution in [2.24, 2.45) is 10.7 Å². The number of guanidine groups is 1. The molecule has 0 radical (unpaired) electrons. The van der Waals surface area contributed by atoms with Crippen LogP contribution in [0.4, 0.5) is 5.69 Å². The van der Waals surface area contributed by atoms with Gasteiger partial charge < -0.3 is 20.5 Å². The Morgan fingerprint density at radius 1 is 1.30 bits per heavy atom. The third-order valence-corrected chi connectivity index (χ3v) is 3.83. The van der Waals surface area contributed by atoms with Gasteiger partial charge in [0.2, 0.25) is 0 Å². The molecule has 23 heavy (non-hydrogen) atoms. The predicted molar refractivity (Wildman–Crippen MR) is 94.5 cm³/mol. The van der Waals surface area contributed by atoms with E-state index in [2.05, 4.69) is 36.0 Å². The molecule has 1 heterocycles. The summed E-state index contributed by atoms with van der Waals surface area (Å²) in [5.41, 5.74) is 6.82. The summed E-state index contributed by atoms with van der Waals surface area (Å²) in [7, 11) is 0. The Balaban J connectivity index is 1.90. The average molecular weight is 320 g/mol. The standard InChI is InChI=1S/C17H28N4O2/c1-4-21(13(2)3)9-8-19-17(18)20-14-6-7-15-16(12-14)23-11-5-10-22-15/h6-7,12-13H,4-5,8-11H2,1-3H3,(H3,18,19,20). The van der Waals surface area contributed by atoms with Gasteiger partial charge in [-0.2, -0.15) is 0 Å². The van der Waals surface area contributed by atoms with Crippen molar-refractivity contribution in [2.45, 2.75) is 33.2 Å². The Morgan fingerprint density at radius 3 is 2.74 bits per heavy atom. The number of ether oxygens (including phenoxy) is 2. The Bertz CT molecular complexity index is 531. The fourth-order valence-electron chi connectivity index (χ4n) is 2.51. The molecule has 0 bridgehead atoms. The van der Waals surface area contributed by atoms with Crippen LogP contribution < -0.4 is 20.5 Å². The SMILES string of the molecule is CCN(CCN=C(N)Nc1ccc2c(c1)OCCCO2)C(C)C. The zero-order valence-electron chi connectivity index (χ0n) is 14.3. The van der Waals surface area contributed by atoms with E-state index in [1.165, 1.54) is 0 Å². The number of hydrogen-bond acceptors (Lipinski definition) is 4. The van der Waals surface area contributed by atoms with Crippen molar-refractivity contribution in [1.82, 2.24) is 4.90 Å². The molecule has 2 rings (SSSR count). The Labute approximate surface area is 138 Å². The van der Waals surface area contributed by atoms with Crippen LogP contribution in [0.1, 0.15) is 27.2 Å². The first kappa shape index (κ1) is 17.4. The number of hydrogen-bond donors (Lipinski definition) is 2. The van der Waals surface area contributed by atoms with E-state index in [0.29, 0.717) is 31.8 Å². The van der Waals surface area contributed by atoms with Crippen LogP contribution in [0.15, 0.2) is 23.2 Å². The Kier molecular flexibility index (Phi) is 6.52. The van der Waals surface area contributed by atoms with Crippen LogP contribution in [-0.2, 0) is 0 Å². The van der Waals surface area contributed by atoms with Crippen molar-refractivity contribution in [2.75, 3.05) is 38.2 Å². The van der Waals surface area contributed by atoms with Gasteiger partial charge in [0.25, 0.3) is 0 Å². The lowest BCUT2D eigenvalue weighted by atomic mass is 10.3. The summed E-state index contributed by atoms with van der Waals surface area (Å²) in [6, 6.07) is 6.23. The number of benzene rings is 1. The molecule has 128 valence electrons. The van der Waals surface area contributed by atoms with E-state index in [-0.39, 0.29) is 0 Å². The summed E-state index contributed by atoms with van der Waals surface area (Å²) in [5.74, 6) is 1.94. The van der Waals surface area contributed by atoms with E-state index in [0.717, 1.165) is 36.7 Å². The number of nitrogens with zero attached hydrogens (tertiary/aromatic N) is 2. The van der Waals surface area contributed by atoms with E-state index >= 15 is 0 Å². The van der Waals surface area contributed by atoms with E-state index < -0.39 is 0 Å². The van der Waals surface area contributed by atoms with Crippen LogP contribution in [0, 0.1) is 0 Å². The first-order valence-electron chi connectivity index (χ1n) is 8.30. The maximum absolute atomic E-state index is 5.96. The van der Waals surface area contributed by atoms with Crippen molar-refractivity contribution in [3.63, 3.8) is 0 Å². The molecule has 0 fully saturated rings. The molecule has 0 spiro atoms. The third-order valence-electron chi connectivity index (χ3n) is 3.83. The lowest BCUT2D eigenvalue weighted by Gasteiger charge is -2.23. The van der Waals surface area contributed by atoms with Crippen LogP contribution in [0.5, 0.6) is 11.5 Å². The minimum absolute atomic E-state index is 0.416. The minimum Gasteiger partial charge on any atom is -0.490 e. The molecule has 1 aliphatic rings. The van der Waals surface area contributed by atoms with Crippen LogP contribution >= 0.6 is 0 Å². The van der Waals surface area contributed by atoms with Crippen molar-refractivity contribution >= 4 is 11.6 Å². The molecule has 1 aliphatic heterocycles. The molecule has 1 aromatic rings. The van der Waals surface area contributed by atoms with Gasteiger partial charge in [-0.1, -0.05) is 6.92 Å². The Morgan fingerprint density at radius 2 is 2.04 bits per heavy atom. The molecule has 0 aromatic heterocycles. The summed E-state index contributed by atoms with van der Waals surface area (Å²) in [5, 5.41) is 3.11. The highest BCUT2D eigenvalue weighted by molar-refractivity contribution is 5.92. The highest BCUT2D eigenvalue weighted by Crippen LogP contribution is 2.32. The highest BCUT2D eigenvalue weighted by atomic mass is 16.5. The monoisotopic (exact) mass is 320 g/mol. The van der Waals surface area contributed by atoms with Gasteiger partial charge >= 0.3 is 0 Å². The second-order valence-corrected chi connectivity index (χ2v) is 5.83. The molecular formula is C17H28N4O2. The van der Waals surface area contributed by atoms with Crippen molar-refractivity contribution in [3.05, 3.63) is 18.2 Å². The van der Waals surface area contributed by atoms with Gasteiger partial charge in [-0.25, -0.2) is 0 Å². The zero-order chi connectivity index (χ0) is 16.7. The quantitative estimate of drug-likeness (QED) is 0.621. The minimum atomic E-state index is 0.416. The Hall–Kier alpha value is -1.95. The van der Waals surface area contributed by atoms with Crippen LogP contribution in [0.3, 0.4) is 0 Å². The maximum atomic E-state index is 5.96. The maximum Gasteiger partial charge on any atom is 0.193 e. The second kappa shape index (κ2) is 8.62. The molecule has 6 nitrogen and oxygen atoms in total. The first-order valence-corrected chi connectivity index (χ1v) is 8.30. The van der Waals surface area contributed by atoms with E-state index in [9.17, 15) is 0 Å². The first-order chi connectivity index (χ1) is 11.1. The number of anilines is 1. The molecule has 3 N–H and O–H groups in total. The summed E-state index contributed by atoms with van der Waals surface area (Å²) in [6.07, 6.45) is 0.894. The smallest absolute Gasteiger partial charge is 0.193 e. The van der Waals surface area contributed by atoms with Gasteiger partial charge in [-0.15, -0.1) is 0 Å². The summed E-state index contributed by atoms with van der Waals surface area (Å²) < 4.78 is 11.3. The fourth-order valence-corrected chi connectivity index (χ4v) is 2.51. The number of fused-ring (bicyclic) bond motifs is 1. The molecular weight excluding hydrogens is 292 g/mol. The van der Waals surface area contributed by atoms with Crippen molar-refractivity contribution in [3.8, 4) is 11.5 Å². The zero-order valence-corrected chi connectivity index (χ0v) is 14.3. The summed E-state index contributed by atoms with van der Waals surface area (Å²) in [4.78, 5) is 6.74. The van der Waals surface area contributed by atoms with Gasteiger partial charge in [0.05, 0.1) is 19.8 Å². The van der Waals surface area contributed by atoms with Crippen molar-refractivity contribution < 1.29 is 9.47 Å². The number of aliphatic imine (C=N–C) groups is 1. The van der Waals surface area contributed by atoms with E-state index in [4.69, 9.17) is 15.2 Å². The lowest BCUT2D eigenvalue weighted by molar-refractivity contribution is 0.241. The van der Waals surface area contributed by atoms with Gasteiger partial charge in [0, 0.05) is 30.8 Å². The molecule has 0 saturated heterocycles. The molecule has 0 aliphatic carbocycles. The number of rotatable bonds is 6. The molecule has 0 saturated carbocycles. The van der Waals surface area contributed by atoms with Crippen LogP contribution in [-0.4, -0.2) is 49.7 Å². The summed E-state index contributed by atoms with van der Waals surface area (Å²) >= 11 is 0. The van der Waals surface area contributed by atoms with Gasteiger partial charge in [-0.3, -0.25) is 9.89 Å². The van der Waals surface area contributed by atoms with E-state index in [1.54, 1.807) is 0 Å². The molecule has 0 unspecified atom stereocenters. The van der Waals surface area contributed by atoms with Gasteiger partial charge in [0.15, 0.2) is 17.5 Å². The number of nitrogens with one attached hydrogen (secondary N) is 1. The summed E-state index contributed by atoms with van der Waals surface area (Å²) in [6.45, 7) is 10.5. The third kappa shape index (κ3) is 5.32. The normalized spacial score (nSPS) is 14.9. The predicted octanol–water partition coefficient (Wildman–Crippen LogP) is 2.30. The highest BCUT2D eigenvalue weighted by Gasteiger charge is 2.11. The fraction of sp³-hybridized carbons (Fsp3) is 0.588. The van der Waals surface area contributed by atoms with Gasteiger partial charge in [0.1, 0.15) is 0 Å². The van der Waals surface area contributed by atoms with Gasteiger partial charge in [-0.05, 0) is 32.5 Å². The number of nitrogens with two attached hydrogens (primary N) is 1. The molecule has 6 heteroatoms. The lowest BCUT2D eigenvalue weighted by Crippen LogP contribution is -2.33. The average Bonchev–Trinajstić information content (AvgIpc) is 2.76. The molecule has 1 aromatic carbocycles. The molecule has 0 amide bonds.